The van der Waals surface area contributed by atoms with Gasteiger partial charge in [0.25, 0.3) is 0 Å². The zero-order chi connectivity index (χ0) is 11.2. The summed E-state index contributed by atoms with van der Waals surface area (Å²) in [6.07, 6.45) is -2.97. The van der Waals surface area contributed by atoms with E-state index in [2.05, 4.69) is 0 Å². The van der Waals surface area contributed by atoms with Crippen molar-refractivity contribution >= 4 is 5.69 Å². The topological polar surface area (TPSA) is 72.7 Å². The molecular weight excluding hydrogens is 189 g/mol. The third-order valence-corrected chi connectivity index (χ3v) is 1.16. The van der Waals surface area contributed by atoms with Gasteiger partial charge in [0.1, 0.15) is 5.82 Å². The van der Waals surface area contributed by atoms with Crippen molar-refractivity contribution in [2.24, 2.45) is 0 Å². The molecule has 0 aromatic heterocycles. The summed E-state index contributed by atoms with van der Waals surface area (Å²) in [6, 6.07) is 4.75. The molecule has 14 heavy (non-hydrogen) atoms. The highest BCUT2D eigenvalue weighted by Crippen LogP contribution is 2.10. The van der Waals surface area contributed by atoms with Gasteiger partial charge in [0.2, 0.25) is 0 Å². The molecule has 5 heteroatoms. The maximum absolute atomic E-state index is 12.3. The first-order valence-electron chi connectivity index (χ1n) is 4.18. The molecule has 0 spiro atoms. The molecular formula is C9H14FNO3. The van der Waals surface area contributed by atoms with Crippen LogP contribution in [0.25, 0.3) is 0 Å². The molecule has 1 aromatic carbocycles. The van der Waals surface area contributed by atoms with Crippen LogP contribution >= 0.6 is 0 Å². The second kappa shape index (κ2) is 5.54. The van der Waals surface area contributed by atoms with Gasteiger partial charge in [0.05, 0.1) is 0 Å². The fourth-order valence-electron chi connectivity index (χ4n) is 0.727. The van der Waals surface area contributed by atoms with Gasteiger partial charge in [-0.15, -0.1) is 0 Å². The number of nitrogens with one attached hydrogen (secondary N) is 1. The van der Waals surface area contributed by atoms with Crippen LogP contribution < -0.4 is 5.32 Å². The van der Waals surface area contributed by atoms with Crippen LogP contribution in [-0.2, 0) is 0 Å². The van der Waals surface area contributed by atoms with Crippen molar-refractivity contribution in [3.05, 3.63) is 30.1 Å². The average molecular weight is 203 g/mol. The fourth-order valence-corrected chi connectivity index (χ4v) is 0.727. The number of halogens is 1. The first kappa shape index (κ1) is 12.8. The quantitative estimate of drug-likeness (QED) is 0.538. The van der Waals surface area contributed by atoms with Crippen LogP contribution in [-0.4, -0.2) is 21.4 Å². The van der Waals surface area contributed by atoms with E-state index >= 15 is 0 Å². The normalized spacial score (nSPS) is 10.1. The Hall–Kier alpha value is -1.17. The minimum atomic E-state index is -2.97. The highest BCUT2D eigenvalue weighted by Gasteiger charge is 2.16. The van der Waals surface area contributed by atoms with Crippen molar-refractivity contribution in [3.63, 3.8) is 0 Å². The zero-order valence-corrected chi connectivity index (χ0v) is 8.03. The van der Waals surface area contributed by atoms with E-state index in [-0.39, 0.29) is 5.69 Å². The summed E-state index contributed by atoms with van der Waals surface area (Å²) < 4.78 is 12.3. The lowest BCUT2D eigenvalue weighted by Crippen LogP contribution is -2.36. The van der Waals surface area contributed by atoms with E-state index in [9.17, 15) is 4.39 Å². The van der Waals surface area contributed by atoms with Gasteiger partial charge in [-0.25, -0.2) is 4.39 Å². The summed E-state index contributed by atoms with van der Waals surface area (Å²) in [7, 11) is 0. The van der Waals surface area contributed by atoms with Crippen molar-refractivity contribution in [1.82, 2.24) is 0 Å². The van der Waals surface area contributed by atoms with Gasteiger partial charge in [-0.2, -0.15) is 0 Å². The van der Waals surface area contributed by atoms with Crippen LogP contribution in [0.2, 0.25) is 0 Å². The number of anilines is 1. The molecule has 0 heterocycles. The molecule has 0 bridgehead atoms. The second-order valence-corrected chi connectivity index (χ2v) is 2.27. The molecule has 0 unspecified atom stereocenters. The largest absolute Gasteiger partial charge is 0.367 e. The molecule has 0 aliphatic rings. The average Bonchev–Trinajstić information content (AvgIpc) is 2.10. The Balaban J connectivity index is 0.000000791. The van der Waals surface area contributed by atoms with E-state index < -0.39 is 11.9 Å². The zero-order valence-electron chi connectivity index (χ0n) is 8.03. The highest BCUT2D eigenvalue weighted by atomic mass is 19.1. The van der Waals surface area contributed by atoms with Crippen molar-refractivity contribution < 1.29 is 19.7 Å². The van der Waals surface area contributed by atoms with Crippen LogP contribution in [0, 0.1) is 5.82 Å². The lowest BCUT2D eigenvalue weighted by atomic mass is 10.3. The standard InChI is InChI=1S/C7H8FNO3.C2H6/c8-5-1-3-6(4-2-5)9-7(10,11)12;1-2/h1-4,9-12H;1-2H3. The minimum absolute atomic E-state index is 0.198. The number of benzene rings is 1. The lowest BCUT2D eigenvalue weighted by molar-refractivity contribution is -0.289. The molecule has 4 nitrogen and oxygen atoms in total. The van der Waals surface area contributed by atoms with Gasteiger partial charge >= 0.3 is 6.10 Å². The van der Waals surface area contributed by atoms with E-state index in [0.717, 1.165) is 12.1 Å². The third-order valence-electron chi connectivity index (χ3n) is 1.16. The summed E-state index contributed by atoms with van der Waals surface area (Å²) >= 11 is 0. The van der Waals surface area contributed by atoms with E-state index in [1.165, 1.54) is 12.1 Å². The third kappa shape index (κ3) is 5.47. The van der Waals surface area contributed by atoms with Gasteiger partial charge in [0.15, 0.2) is 0 Å². The van der Waals surface area contributed by atoms with Crippen LogP contribution in [0.1, 0.15) is 13.8 Å². The summed E-state index contributed by atoms with van der Waals surface area (Å²) in [5.41, 5.74) is 0.198. The minimum Gasteiger partial charge on any atom is -0.325 e. The Kier molecular flexibility index (Phi) is 5.07. The number of aliphatic hydroxyl groups is 3. The van der Waals surface area contributed by atoms with Crippen molar-refractivity contribution in [2.75, 3.05) is 5.32 Å². The van der Waals surface area contributed by atoms with E-state index in [1.54, 1.807) is 0 Å². The second-order valence-electron chi connectivity index (χ2n) is 2.27. The van der Waals surface area contributed by atoms with Crippen LogP contribution in [0.5, 0.6) is 0 Å². The Morgan fingerprint density at radius 1 is 1.07 bits per heavy atom. The SMILES string of the molecule is CC.OC(O)(O)Nc1ccc(F)cc1. The summed E-state index contributed by atoms with van der Waals surface area (Å²) in [5, 5.41) is 27.2. The molecule has 4 N–H and O–H groups in total. The van der Waals surface area contributed by atoms with E-state index in [0.29, 0.717) is 0 Å². The molecule has 0 aliphatic carbocycles. The first-order chi connectivity index (χ1) is 6.47. The molecule has 0 fully saturated rings. The van der Waals surface area contributed by atoms with Gasteiger partial charge in [0, 0.05) is 5.69 Å². The smallest absolute Gasteiger partial charge is 0.325 e. The van der Waals surface area contributed by atoms with Gasteiger partial charge in [-0.05, 0) is 24.3 Å². The van der Waals surface area contributed by atoms with Gasteiger partial charge in [-0.3, -0.25) is 0 Å². The molecule has 80 valence electrons. The predicted molar refractivity (Wildman–Crippen MR) is 50.8 cm³/mol. The molecule has 0 amide bonds. The number of rotatable bonds is 2. The van der Waals surface area contributed by atoms with Crippen molar-refractivity contribution in [1.29, 1.82) is 0 Å². The molecule has 0 radical (unpaired) electrons. The maximum Gasteiger partial charge on any atom is 0.367 e. The molecule has 0 atom stereocenters. The molecule has 0 saturated heterocycles. The van der Waals surface area contributed by atoms with Crippen LogP contribution in [0.4, 0.5) is 10.1 Å². The summed E-state index contributed by atoms with van der Waals surface area (Å²) in [4.78, 5) is 0. The van der Waals surface area contributed by atoms with E-state index in [1.807, 2.05) is 19.2 Å². The lowest BCUT2D eigenvalue weighted by Gasteiger charge is -2.16. The van der Waals surface area contributed by atoms with E-state index in [4.69, 9.17) is 15.3 Å². The van der Waals surface area contributed by atoms with Gasteiger partial charge in [-0.1, -0.05) is 13.8 Å². The predicted octanol–water partition coefficient (Wildman–Crippen LogP) is 0.852. The Bertz CT molecular complexity index is 256. The first-order valence-corrected chi connectivity index (χ1v) is 4.18. The molecule has 0 saturated carbocycles. The summed E-state index contributed by atoms with van der Waals surface area (Å²) in [6.45, 7) is 4.00. The Morgan fingerprint density at radius 3 is 1.86 bits per heavy atom. The Labute approximate surface area is 81.6 Å². The van der Waals surface area contributed by atoms with Crippen molar-refractivity contribution in [3.8, 4) is 0 Å². The van der Waals surface area contributed by atoms with Gasteiger partial charge < -0.3 is 20.6 Å². The fraction of sp³-hybridized carbons (Fsp3) is 0.333. The Morgan fingerprint density at radius 2 is 1.50 bits per heavy atom. The van der Waals surface area contributed by atoms with Crippen molar-refractivity contribution in [2.45, 2.75) is 19.9 Å². The molecule has 0 aliphatic heterocycles. The van der Waals surface area contributed by atoms with Crippen LogP contribution in [0.15, 0.2) is 24.3 Å². The highest BCUT2D eigenvalue weighted by molar-refractivity contribution is 5.43. The number of hydrogen-bond donors (Lipinski definition) is 4. The summed E-state index contributed by atoms with van der Waals surface area (Å²) in [5.74, 6) is -0.444. The monoisotopic (exact) mass is 203 g/mol. The number of hydrogen-bond acceptors (Lipinski definition) is 4. The molecule has 1 aromatic rings. The maximum atomic E-state index is 12.3. The van der Waals surface area contributed by atoms with Crippen LogP contribution in [0.3, 0.4) is 0 Å². The molecule has 1 rings (SSSR count).